The van der Waals surface area contributed by atoms with Crippen LogP contribution in [0.3, 0.4) is 0 Å². The van der Waals surface area contributed by atoms with E-state index in [1.165, 1.54) is 6.07 Å². The molecular weight excluding hydrogens is 344 g/mol. The molecule has 0 radical (unpaired) electrons. The fourth-order valence-corrected chi connectivity index (χ4v) is 3.82. The minimum absolute atomic E-state index is 0.0294. The Labute approximate surface area is 133 Å². The highest BCUT2D eigenvalue weighted by atomic mass is 31.3. The lowest BCUT2D eigenvalue weighted by Crippen LogP contribution is -1.97. The first-order valence-corrected chi connectivity index (χ1v) is 9.98. The lowest BCUT2D eigenvalue weighted by Gasteiger charge is -2.14. The van der Waals surface area contributed by atoms with Gasteiger partial charge in [-0.1, -0.05) is 19.9 Å². The van der Waals surface area contributed by atoms with Crippen LogP contribution in [-0.4, -0.2) is 19.7 Å². The molecular formula is C13H19NO7P2. The van der Waals surface area contributed by atoms with Gasteiger partial charge in [0.05, 0.1) is 0 Å². The normalized spacial score (nSPS) is 15.0. The molecule has 128 valence electrons. The Bertz CT molecular complexity index is 780. The Kier molecular flexibility index (Phi) is 5.36. The summed E-state index contributed by atoms with van der Waals surface area (Å²) in [6.45, 7) is 4.17. The zero-order valence-corrected chi connectivity index (χ0v) is 14.5. The molecule has 1 heterocycles. The number of hydrogen-bond acceptors (Lipinski definition) is 4. The van der Waals surface area contributed by atoms with E-state index in [-0.39, 0.29) is 5.75 Å². The lowest BCUT2D eigenvalue weighted by atomic mass is 10.0. The fraction of sp³-hybridized carbons (Fsp3) is 0.385. The van der Waals surface area contributed by atoms with Crippen LogP contribution < -0.4 is 4.52 Å². The predicted octanol–water partition coefficient (Wildman–Crippen LogP) is 3.35. The van der Waals surface area contributed by atoms with Crippen LogP contribution in [0.4, 0.5) is 0 Å². The second kappa shape index (κ2) is 6.77. The van der Waals surface area contributed by atoms with Crippen molar-refractivity contribution in [2.45, 2.75) is 26.7 Å². The minimum atomic E-state index is -5.15. The van der Waals surface area contributed by atoms with E-state index in [0.29, 0.717) is 16.8 Å². The highest BCUT2D eigenvalue weighted by Gasteiger charge is 2.34. The highest BCUT2D eigenvalue weighted by Crippen LogP contribution is 2.57. The van der Waals surface area contributed by atoms with Gasteiger partial charge >= 0.3 is 15.6 Å². The monoisotopic (exact) mass is 363 g/mol. The maximum atomic E-state index is 11.8. The number of aromatic amines is 1. The fourth-order valence-electron chi connectivity index (χ4n) is 2.21. The highest BCUT2D eigenvalue weighted by molar-refractivity contribution is 7.60. The van der Waals surface area contributed by atoms with Gasteiger partial charge in [-0.3, -0.25) is 4.89 Å². The molecule has 0 aliphatic heterocycles. The van der Waals surface area contributed by atoms with Crippen LogP contribution in [0.15, 0.2) is 24.4 Å². The summed E-state index contributed by atoms with van der Waals surface area (Å²) < 4.78 is 31.2. The second-order valence-corrected chi connectivity index (χ2v) is 8.31. The molecule has 0 fully saturated rings. The van der Waals surface area contributed by atoms with E-state index < -0.39 is 15.6 Å². The summed E-state index contributed by atoms with van der Waals surface area (Å²) in [5.74, 6) is 0.511. The molecule has 1 unspecified atom stereocenters. The van der Waals surface area contributed by atoms with Gasteiger partial charge in [0.1, 0.15) is 5.75 Å². The Morgan fingerprint density at radius 2 is 1.91 bits per heavy atom. The summed E-state index contributed by atoms with van der Waals surface area (Å²) in [6, 6.07) is 4.81. The molecule has 23 heavy (non-hydrogen) atoms. The van der Waals surface area contributed by atoms with Crippen LogP contribution in [0.5, 0.6) is 5.75 Å². The molecule has 4 N–H and O–H groups in total. The summed E-state index contributed by atoms with van der Waals surface area (Å²) in [7, 11) is -10.1. The summed E-state index contributed by atoms with van der Waals surface area (Å²) in [5.41, 5.74) is 1.58. The molecule has 0 saturated heterocycles. The lowest BCUT2D eigenvalue weighted by molar-refractivity contribution is 0.230. The third-order valence-electron chi connectivity index (χ3n) is 3.16. The Hall–Kier alpha value is -1.14. The standard InChI is InChI=1S/C13H19NO7P2/c1-9(2)6-7-10-8-14-11-4-3-5-12(13(10)11)20-23(18,19)21-22(15,16)17/h3-5,8-9,14H,6-7H2,1-2H3,(H,18,19)(H2,15,16,17). The summed E-state index contributed by atoms with van der Waals surface area (Å²) >= 11 is 0. The zero-order valence-electron chi connectivity index (χ0n) is 12.7. The number of aromatic nitrogens is 1. The van der Waals surface area contributed by atoms with Crippen LogP contribution in [0.1, 0.15) is 25.8 Å². The van der Waals surface area contributed by atoms with Crippen LogP contribution in [-0.2, 0) is 19.9 Å². The Balaban J connectivity index is 2.35. The van der Waals surface area contributed by atoms with Crippen molar-refractivity contribution < 1.29 is 32.6 Å². The number of phosphoric ester groups is 1. The van der Waals surface area contributed by atoms with Crippen molar-refractivity contribution in [1.29, 1.82) is 0 Å². The SMILES string of the molecule is CC(C)CCc1c[nH]c2cccc(OP(=O)(O)OP(=O)(O)O)c12. The molecule has 0 spiro atoms. The second-order valence-electron chi connectivity index (χ2n) is 5.56. The topological polar surface area (TPSA) is 129 Å². The van der Waals surface area contributed by atoms with Gasteiger partial charge < -0.3 is 19.3 Å². The van der Waals surface area contributed by atoms with Gasteiger partial charge in [-0.2, -0.15) is 4.31 Å². The quantitative estimate of drug-likeness (QED) is 0.555. The van der Waals surface area contributed by atoms with Gasteiger partial charge in [-0.25, -0.2) is 9.13 Å². The van der Waals surface area contributed by atoms with E-state index in [9.17, 15) is 14.0 Å². The third-order valence-corrected chi connectivity index (χ3v) is 5.27. The number of nitrogens with one attached hydrogen (secondary N) is 1. The van der Waals surface area contributed by atoms with Crippen molar-refractivity contribution in [3.8, 4) is 5.75 Å². The molecule has 0 aliphatic rings. The van der Waals surface area contributed by atoms with Crippen LogP contribution >= 0.6 is 15.6 Å². The van der Waals surface area contributed by atoms with E-state index in [2.05, 4.69) is 23.1 Å². The first kappa shape index (κ1) is 18.2. The average molecular weight is 363 g/mol. The van der Waals surface area contributed by atoms with Gasteiger partial charge in [0.15, 0.2) is 0 Å². The van der Waals surface area contributed by atoms with Gasteiger partial charge in [0, 0.05) is 17.1 Å². The summed E-state index contributed by atoms with van der Waals surface area (Å²) in [5, 5.41) is 0.594. The van der Waals surface area contributed by atoms with Crippen LogP contribution in [0, 0.1) is 5.92 Å². The molecule has 0 aliphatic carbocycles. The molecule has 1 aromatic heterocycles. The molecule has 0 amide bonds. The van der Waals surface area contributed by atoms with Crippen molar-refractivity contribution in [2.24, 2.45) is 5.92 Å². The smallest absolute Gasteiger partial charge is 0.403 e. The first-order valence-electron chi connectivity index (χ1n) is 6.95. The maximum absolute atomic E-state index is 11.8. The number of fused-ring (bicyclic) bond motifs is 1. The number of phosphoric acid groups is 2. The van der Waals surface area contributed by atoms with E-state index in [1.54, 1.807) is 18.3 Å². The van der Waals surface area contributed by atoms with Crippen molar-refractivity contribution in [2.75, 3.05) is 0 Å². The van der Waals surface area contributed by atoms with E-state index >= 15 is 0 Å². The first-order chi connectivity index (χ1) is 10.6. The number of hydrogen-bond donors (Lipinski definition) is 4. The van der Waals surface area contributed by atoms with Crippen molar-refractivity contribution >= 4 is 26.5 Å². The average Bonchev–Trinajstić information content (AvgIpc) is 2.77. The number of rotatable bonds is 7. The number of benzene rings is 1. The predicted molar refractivity (Wildman–Crippen MR) is 85.0 cm³/mol. The molecule has 1 atom stereocenters. The van der Waals surface area contributed by atoms with E-state index in [0.717, 1.165) is 18.4 Å². The van der Waals surface area contributed by atoms with Crippen molar-refractivity contribution in [3.05, 3.63) is 30.0 Å². The van der Waals surface area contributed by atoms with E-state index in [1.807, 2.05) is 0 Å². The minimum Gasteiger partial charge on any atom is -0.403 e. The van der Waals surface area contributed by atoms with Crippen LogP contribution in [0.2, 0.25) is 0 Å². The summed E-state index contributed by atoms with van der Waals surface area (Å²) in [6.07, 6.45) is 3.43. The molecule has 2 rings (SSSR count). The molecule has 0 bridgehead atoms. The molecule has 1 aromatic carbocycles. The molecule has 0 saturated carbocycles. The van der Waals surface area contributed by atoms with Gasteiger partial charge in [0.25, 0.3) is 0 Å². The largest absolute Gasteiger partial charge is 0.536 e. The van der Waals surface area contributed by atoms with Crippen molar-refractivity contribution in [1.82, 2.24) is 4.98 Å². The Morgan fingerprint density at radius 1 is 1.22 bits per heavy atom. The van der Waals surface area contributed by atoms with Crippen molar-refractivity contribution in [3.63, 3.8) is 0 Å². The third kappa shape index (κ3) is 5.18. The Morgan fingerprint density at radius 3 is 2.52 bits per heavy atom. The van der Waals surface area contributed by atoms with Gasteiger partial charge in [-0.05, 0) is 36.5 Å². The van der Waals surface area contributed by atoms with E-state index in [4.69, 9.17) is 14.3 Å². The van der Waals surface area contributed by atoms with Crippen LogP contribution in [0.25, 0.3) is 10.9 Å². The molecule has 2 aromatic rings. The maximum Gasteiger partial charge on any atom is 0.536 e. The zero-order chi connectivity index (χ0) is 17.3. The number of aryl methyl sites for hydroxylation is 1. The molecule has 8 nitrogen and oxygen atoms in total. The van der Waals surface area contributed by atoms with Gasteiger partial charge in [0.2, 0.25) is 0 Å². The van der Waals surface area contributed by atoms with Gasteiger partial charge in [-0.15, -0.1) is 0 Å². The molecule has 10 heteroatoms. The number of H-pyrrole nitrogens is 1. The summed E-state index contributed by atoms with van der Waals surface area (Å²) in [4.78, 5) is 29.9.